The normalized spacial score (nSPS) is 10.7. The van der Waals surface area contributed by atoms with Gasteiger partial charge in [-0.2, -0.15) is 4.37 Å². The van der Waals surface area contributed by atoms with Gasteiger partial charge in [-0.3, -0.25) is 0 Å². The minimum Gasteiger partial charge on any atom is -0.382 e. The number of thiazole rings is 1. The summed E-state index contributed by atoms with van der Waals surface area (Å²) >= 11 is 3.11. The van der Waals surface area contributed by atoms with E-state index in [-0.39, 0.29) is 0 Å². The van der Waals surface area contributed by atoms with E-state index in [0.29, 0.717) is 5.82 Å². The molecule has 3 rings (SSSR count). The number of hydrogen-bond donors (Lipinski definition) is 2. The Balaban J connectivity index is 1.72. The van der Waals surface area contributed by atoms with Gasteiger partial charge in [0.25, 0.3) is 0 Å². The van der Waals surface area contributed by atoms with E-state index in [4.69, 9.17) is 5.73 Å². The predicted octanol–water partition coefficient (Wildman–Crippen LogP) is 3.81. The largest absolute Gasteiger partial charge is 0.382 e. The highest BCUT2D eigenvalue weighted by Crippen LogP contribution is 2.36. The zero-order valence-corrected chi connectivity index (χ0v) is 13.3. The van der Waals surface area contributed by atoms with E-state index in [2.05, 4.69) is 32.2 Å². The fourth-order valence-corrected chi connectivity index (χ4v) is 3.64. The number of rotatable bonds is 5. The van der Waals surface area contributed by atoms with Gasteiger partial charge in [-0.05, 0) is 24.0 Å². The van der Waals surface area contributed by atoms with Crippen molar-refractivity contribution in [3.8, 4) is 11.1 Å². The number of nitrogens with zero attached hydrogens (tertiary/aromatic N) is 2. The summed E-state index contributed by atoms with van der Waals surface area (Å²) < 4.78 is 4.27. The van der Waals surface area contributed by atoms with Gasteiger partial charge in [-0.25, -0.2) is 4.98 Å². The van der Waals surface area contributed by atoms with Crippen LogP contribution in [0.25, 0.3) is 11.1 Å². The number of anilines is 2. The van der Waals surface area contributed by atoms with Crippen LogP contribution in [0.4, 0.5) is 10.8 Å². The average molecular weight is 316 g/mol. The lowest BCUT2D eigenvalue weighted by Crippen LogP contribution is -2.04. The minimum atomic E-state index is 0.582. The molecule has 0 fully saturated rings. The van der Waals surface area contributed by atoms with Gasteiger partial charge < -0.3 is 11.1 Å². The van der Waals surface area contributed by atoms with Crippen LogP contribution in [0.2, 0.25) is 0 Å². The molecule has 6 heteroatoms. The first-order valence-electron chi connectivity index (χ1n) is 6.69. The summed E-state index contributed by atoms with van der Waals surface area (Å²) in [5.41, 5.74) is 9.18. The second-order valence-electron chi connectivity index (χ2n) is 4.70. The number of nitrogen functional groups attached to an aromatic ring is 1. The van der Waals surface area contributed by atoms with E-state index in [0.717, 1.165) is 39.8 Å². The molecule has 0 saturated heterocycles. The smallest absolute Gasteiger partial charge is 0.147 e. The van der Waals surface area contributed by atoms with Crippen molar-refractivity contribution in [1.29, 1.82) is 0 Å². The summed E-state index contributed by atoms with van der Waals surface area (Å²) in [6.07, 6.45) is 0.907. The second-order valence-corrected chi connectivity index (χ2v) is 6.41. The van der Waals surface area contributed by atoms with Crippen LogP contribution in [0.3, 0.4) is 0 Å². The maximum atomic E-state index is 6.01. The van der Waals surface area contributed by atoms with Crippen LogP contribution in [-0.2, 0) is 6.42 Å². The molecule has 0 aliphatic rings. The maximum Gasteiger partial charge on any atom is 0.147 e. The third-order valence-corrected chi connectivity index (χ3v) is 4.92. The molecule has 108 valence electrons. The highest BCUT2D eigenvalue weighted by atomic mass is 32.1. The maximum absolute atomic E-state index is 6.01. The molecule has 3 N–H and O–H groups in total. The number of hydrogen-bond acceptors (Lipinski definition) is 6. The molecule has 3 aromatic rings. The topological polar surface area (TPSA) is 63.8 Å². The van der Waals surface area contributed by atoms with E-state index in [9.17, 15) is 0 Å². The van der Waals surface area contributed by atoms with E-state index >= 15 is 0 Å². The molecule has 21 heavy (non-hydrogen) atoms. The highest BCUT2D eigenvalue weighted by Gasteiger charge is 2.13. The van der Waals surface area contributed by atoms with Crippen LogP contribution in [0, 0.1) is 6.92 Å². The summed E-state index contributed by atoms with van der Waals surface area (Å²) in [5, 5.41) is 7.68. The van der Waals surface area contributed by atoms with Crippen molar-refractivity contribution in [2.24, 2.45) is 0 Å². The molecule has 0 spiro atoms. The lowest BCUT2D eigenvalue weighted by atomic mass is 10.1. The highest BCUT2D eigenvalue weighted by molar-refractivity contribution is 7.11. The zero-order valence-electron chi connectivity index (χ0n) is 11.7. The quantitative estimate of drug-likeness (QED) is 0.751. The van der Waals surface area contributed by atoms with Crippen molar-refractivity contribution in [1.82, 2.24) is 9.36 Å². The van der Waals surface area contributed by atoms with Crippen LogP contribution < -0.4 is 11.1 Å². The molecule has 0 amide bonds. The van der Waals surface area contributed by atoms with Gasteiger partial charge in [0.1, 0.15) is 10.8 Å². The van der Waals surface area contributed by atoms with E-state index in [1.165, 1.54) is 11.5 Å². The van der Waals surface area contributed by atoms with Crippen molar-refractivity contribution in [3.63, 3.8) is 0 Å². The Kier molecular flexibility index (Phi) is 4.17. The first-order chi connectivity index (χ1) is 10.2. The zero-order chi connectivity index (χ0) is 14.7. The summed E-state index contributed by atoms with van der Waals surface area (Å²) in [5.74, 6) is 0.582. The van der Waals surface area contributed by atoms with E-state index in [1.54, 1.807) is 11.3 Å². The lowest BCUT2D eigenvalue weighted by molar-refractivity contribution is 0.991. The van der Waals surface area contributed by atoms with Gasteiger partial charge in [0.05, 0.1) is 10.6 Å². The fourth-order valence-electron chi connectivity index (χ4n) is 2.11. The Morgan fingerprint density at radius 3 is 2.76 bits per heavy atom. The molecule has 0 saturated carbocycles. The SMILES string of the molecule is Cc1csc(CCNc2snc(N)c2-c2ccccc2)n1. The monoisotopic (exact) mass is 316 g/mol. The van der Waals surface area contributed by atoms with Gasteiger partial charge in [0.15, 0.2) is 0 Å². The molecular formula is C15H16N4S2. The molecule has 4 nitrogen and oxygen atoms in total. The van der Waals surface area contributed by atoms with Crippen molar-refractivity contribution in [2.75, 3.05) is 17.6 Å². The molecule has 0 radical (unpaired) electrons. The summed E-state index contributed by atoms with van der Waals surface area (Å²) in [6.45, 7) is 2.85. The van der Waals surface area contributed by atoms with Gasteiger partial charge in [-0.1, -0.05) is 30.3 Å². The minimum absolute atomic E-state index is 0.582. The Morgan fingerprint density at radius 2 is 2.05 bits per heavy atom. The predicted molar refractivity (Wildman–Crippen MR) is 91.0 cm³/mol. The Bertz CT molecular complexity index is 718. The van der Waals surface area contributed by atoms with Gasteiger partial charge >= 0.3 is 0 Å². The van der Waals surface area contributed by atoms with Crippen LogP contribution in [-0.4, -0.2) is 15.9 Å². The average Bonchev–Trinajstić information content (AvgIpc) is 3.06. The Morgan fingerprint density at radius 1 is 1.24 bits per heavy atom. The first-order valence-corrected chi connectivity index (χ1v) is 8.35. The van der Waals surface area contributed by atoms with Crippen LogP contribution in [0.15, 0.2) is 35.7 Å². The lowest BCUT2D eigenvalue weighted by Gasteiger charge is -2.06. The second kappa shape index (κ2) is 6.24. The molecular weight excluding hydrogens is 300 g/mol. The summed E-state index contributed by atoms with van der Waals surface area (Å²) in [7, 11) is 0. The molecule has 0 unspecified atom stereocenters. The molecule has 2 heterocycles. The van der Waals surface area contributed by atoms with Crippen LogP contribution >= 0.6 is 22.9 Å². The molecule has 0 bridgehead atoms. The fraction of sp³-hybridized carbons (Fsp3) is 0.200. The van der Waals surface area contributed by atoms with E-state index in [1.807, 2.05) is 25.1 Å². The standard InChI is InChI=1S/C15H16N4S2/c1-10-9-20-12(18-10)7-8-17-15-13(14(16)19-21-15)11-5-3-2-4-6-11/h2-6,9,17H,7-8H2,1H3,(H2,16,19). The Labute approximate surface area is 131 Å². The number of aromatic nitrogens is 2. The molecule has 0 aliphatic carbocycles. The summed E-state index contributed by atoms with van der Waals surface area (Å²) in [4.78, 5) is 4.47. The molecule has 0 atom stereocenters. The summed E-state index contributed by atoms with van der Waals surface area (Å²) in [6, 6.07) is 10.1. The van der Waals surface area contributed by atoms with Crippen LogP contribution in [0.5, 0.6) is 0 Å². The van der Waals surface area contributed by atoms with Crippen LogP contribution in [0.1, 0.15) is 10.7 Å². The first kappa shape index (κ1) is 14.0. The molecule has 2 aromatic heterocycles. The van der Waals surface area contributed by atoms with Crippen molar-refractivity contribution < 1.29 is 0 Å². The number of benzene rings is 1. The third-order valence-electron chi connectivity index (χ3n) is 3.07. The Hall–Kier alpha value is -1.92. The third kappa shape index (κ3) is 3.22. The van der Waals surface area contributed by atoms with Gasteiger partial charge in [0.2, 0.25) is 0 Å². The van der Waals surface area contributed by atoms with Crippen molar-refractivity contribution >= 4 is 33.7 Å². The van der Waals surface area contributed by atoms with Crippen molar-refractivity contribution in [3.05, 3.63) is 46.4 Å². The van der Waals surface area contributed by atoms with Gasteiger partial charge in [-0.15, -0.1) is 11.3 Å². The number of nitrogens with two attached hydrogens (primary N) is 1. The molecule has 0 aliphatic heterocycles. The number of nitrogens with one attached hydrogen (secondary N) is 1. The van der Waals surface area contributed by atoms with Gasteiger partial charge in [0, 0.05) is 24.0 Å². The molecule has 1 aromatic carbocycles. The van der Waals surface area contributed by atoms with E-state index < -0.39 is 0 Å². The van der Waals surface area contributed by atoms with Crippen molar-refractivity contribution in [2.45, 2.75) is 13.3 Å². The number of aryl methyl sites for hydroxylation is 1.